The van der Waals surface area contributed by atoms with Gasteiger partial charge in [0, 0.05) is 32.7 Å². The summed E-state index contributed by atoms with van der Waals surface area (Å²) in [7, 11) is 1.71. The highest BCUT2D eigenvalue weighted by atomic mass is 16.5. The number of amides is 1. The van der Waals surface area contributed by atoms with E-state index in [1.807, 2.05) is 4.90 Å². The minimum absolute atomic E-state index is 0.107. The molecular weight excluding hydrogens is 304 g/mol. The Morgan fingerprint density at radius 2 is 2.04 bits per heavy atom. The molecule has 1 amide bonds. The van der Waals surface area contributed by atoms with Crippen molar-refractivity contribution in [3.63, 3.8) is 0 Å². The number of hydrogen-bond acceptors (Lipinski definition) is 4. The normalized spacial score (nSPS) is 25.0. The van der Waals surface area contributed by atoms with Gasteiger partial charge in [0.15, 0.2) is 0 Å². The highest BCUT2D eigenvalue weighted by Gasteiger charge is 2.37. The third-order valence-electron chi connectivity index (χ3n) is 5.21. The van der Waals surface area contributed by atoms with Crippen LogP contribution in [0.1, 0.15) is 18.1 Å². The largest absolute Gasteiger partial charge is 0.496 e. The van der Waals surface area contributed by atoms with Gasteiger partial charge in [-0.05, 0) is 30.0 Å². The maximum Gasteiger partial charge on any atom is 0.227 e. The lowest BCUT2D eigenvalue weighted by Gasteiger charge is -2.30. The lowest BCUT2D eigenvalue weighted by molar-refractivity contribution is -0.140. The molecule has 0 aromatic heterocycles. The molecule has 3 rings (SSSR count). The number of morpholine rings is 1. The van der Waals surface area contributed by atoms with Crippen molar-refractivity contribution in [2.24, 2.45) is 11.8 Å². The van der Waals surface area contributed by atoms with Crippen LogP contribution >= 0.6 is 0 Å². The van der Waals surface area contributed by atoms with Crippen LogP contribution in [0.25, 0.3) is 0 Å². The third-order valence-corrected chi connectivity index (χ3v) is 5.21. The SMILES string of the molecule is COc1cc(CN2C[C@@H](C)[C@H](C(=O)N3CCOCC3)C2)ccc1C. The number of nitrogens with zero attached hydrogens (tertiary/aromatic N) is 2. The molecule has 0 aliphatic carbocycles. The fraction of sp³-hybridized carbons (Fsp3) is 0.632. The van der Waals surface area contributed by atoms with Crippen molar-refractivity contribution in [3.8, 4) is 5.75 Å². The second-order valence-electron chi connectivity index (χ2n) is 7.02. The van der Waals surface area contributed by atoms with E-state index in [0.717, 1.165) is 44.0 Å². The summed E-state index contributed by atoms with van der Waals surface area (Å²) in [4.78, 5) is 17.1. The van der Waals surface area contributed by atoms with Gasteiger partial charge in [0.1, 0.15) is 5.75 Å². The molecule has 0 unspecified atom stereocenters. The van der Waals surface area contributed by atoms with Gasteiger partial charge in [0.25, 0.3) is 0 Å². The maximum absolute atomic E-state index is 12.8. The van der Waals surface area contributed by atoms with Gasteiger partial charge in [0.05, 0.1) is 26.2 Å². The van der Waals surface area contributed by atoms with Crippen molar-refractivity contribution in [2.45, 2.75) is 20.4 Å². The van der Waals surface area contributed by atoms with Crippen LogP contribution in [0, 0.1) is 18.8 Å². The van der Waals surface area contributed by atoms with Crippen LogP contribution in [0.5, 0.6) is 5.75 Å². The van der Waals surface area contributed by atoms with Gasteiger partial charge in [-0.2, -0.15) is 0 Å². The smallest absolute Gasteiger partial charge is 0.227 e. The van der Waals surface area contributed by atoms with Gasteiger partial charge >= 0.3 is 0 Å². The fourth-order valence-corrected chi connectivity index (χ4v) is 3.76. The Balaban J connectivity index is 1.62. The summed E-state index contributed by atoms with van der Waals surface area (Å²) in [6.45, 7) is 9.72. The highest BCUT2D eigenvalue weighted by Crippen LogP contribution is 2.28. The summed E-state index contributed by atoms with van der Waals surface area (Å²) in [5.41, 5.74) is 2.39. The van der Waals surface area contributed by atoms with Crippen LogP contribution < -0.4 is 4.74 Å². The Bertz CT molecular complexity index is 584. The zero-order valence-electron chi connectivity index (χ0n) is 15.0. The molecule has 2 saturated heterocycles. The van der Waals surface area contributed by atoms with E-state index >= 15 is 0 Å². The molecule has 1 aromatic rings. The lowest BCUT2D eigenvalue weighted by atomic mass is 9.96. The van der Waals surface area contributed by atoms with E-state index < -0.39 is 0 Å². The predicted molar refractivity (Wildman–Crippen MR) is 93.1 cm³/mol. The Labute approximate surface area is 144 Å². The van der Waals surface area contributed by atoms with Crippen LogP contribution in [-0.2, 0) is 16.1 Å². The summed E-state index contributed by atoms with van der Waals surface area (Å²) in [6, 6.07) is 6.36. The minimum Gasteiger partial charge on any atom is -0.496 e. The number of rotatable bonds is 4. The zero-order chi connectivity index (χ0) is 17.1. The first kappa shape index (κ1) is 17.2. The molecule has 2 aliphatic heterocycles. The van der Waals surface area contributed by atoms with E-state index in [2.05, 4.69) is 36.9 Å². The first-order valence-corrected chi connectivity index (χ1v) is 8.81. The maximum atomic E-state index is 12.8. The van der Waals surface area contributed by atoms with Crippen LogP contribution in [-0.4, -0.2) is 62.2 Å². The van der Waals surface area contributed by atoms with Crippen molar-refractivity contribution < 1.29 is 14.3 Å². The quantitative estimate of drug-likeness (QED) is 0.845. The average molecular weight is 332 g/mol. The second kappa shape index (κ2) is 7.53. The molecule has 2 fully saturated rings. The van der Waals surface area contributed by atoms with Gasteiger partial charge in [-0.15, -0.1) is 0 Å². The number of ether oxygens (including phenoxy) is 2. The number of likely N-dealkylation sites (tertiary alicyclic amines) is 1. The lowest BCUT2D eigenvalue weighted by Crippen LogP contribution is -2.45. The first-order chi connectivity index (χ1) is 11.6. The van der Waals surface area contributed by atoms with E-state index in [1.54, 1.807) is 7.11 Å². The van der Waals surface area contributed by atoms with Gasteiger partial charge in [-0.25, -0.2) is 0 Å². The summed E-state index contributed by atoms with van der Waals surface area (Å²) in [5.74, 6) is 1.73. The van der Waals surface area contributed by atoms with Crippen molar-refractivity contribution in [1.82, 2.24) is 9.80 Å². The number of carbonyl (C=O) groups is 1. The van der Waals surface area contributed by atoms with E-state index in [9.17, 15) is 4.79 Å². The summed E-state index contributed by atoms with van der Waals surface area (Å²) in [5, 5.41) is 0. The Morgan fingerprint density at radius 3 is 2.75 bits per heavy atom. The van der Waals surface area contributed by atoms with Crippen molar-refractivity contribution in [1.29, 1.82) is 0 Å². The molecule has 0 radical (unpaired) electrons. The second-order valence-corrected chi connectivity index (χ2v) is 7.02. The number of hydrogen-bond donors (Lipinski definition) is 0. The van der Waals surface area contributed by atoms with Gasteiger partial charge < -0.3 is 14.4 Å². The molecule has 1 aromatic carbocycles. The number of carbonyl (C=O) groups excluding carboxylic acids is 1. The number of methoxy groups -OCH3 is 1. The van der Waals surface area contributed by atoms with Gasteiger partial charge in [-0.3, -0.25) is 9.69 Å². The molecule has 132 valence electrons. The van der Waals surface area contributed by atoms with Crippen molar-refractivity contribution in [2.75, 3.05) is 46.5 Å². The molecule has 2 aliphatic rings. The monoisotopic (exact) mass is 332 g/mol. The zero-order valence-corrected chi connectivity index (χ0v) is 15.0. The molecule has 0 spiro atoms. The van der Waals surface area contributed by atoms with Gasteiger partial charge in [0.2, 0.25) is 5.91 Å². The molecule has 0 saturated carbocycles. The van der Waals surface area contributed by atoms with Gasteiger partial charge in [-0.1, -0.05) is 19.1 Å². The summed E-state index contributed by atoms with van der Waals surface area (Å²) >= 11 is 0. The molecule has 0 N–H and O–H groups in total. The molecule has 5 heteroatoms. The van der Waals surface area contributed by atoms with E-state index in [4.69, 9.17) is 9.47 Å². The highest BCUT2D eigenvalue weighted by molar-refractivity contribution is 5.79. The first-order valence-electron chi connectivity index (χ1n) is 8.81. The van der Waals surface area contributed by atoms with Crippen molar-refractivity contribution in [3.05, 3.63) is 29.3 Å². The summed E-state index contributed by atoms with van der Waals surface area (Å²) in [6.07, 6.45) is 0. The van der Waals surface area contributed by atoms with Crippen LogP contribution in [0.3, 0.4) is 0 Å². The van der Waals surface area contributed by atoms with Crippen LogP contribution in [0.2, 0.25) is 0 Å². The topological polar surface area (TPSA) is 42.0 Å². The summed E-state index contributed by atoms with van der Waals surface area (Å²) < 4.78 is 10.8. The predicted octanol–water partition coefficient (Wildman–Crippen LogP) is 1.93. The number of benzene rings is 1. The molecule has 5 nitrogen and oxygen atoms in total. The molecule has 2 atom stereocenters. The fourth-order valence-electron chi connectivity index (χ4n) is 3.76. The van der Waals surface area contributed by atoms with E-state index in [1.165, 1.54) is 5.56 Å². The Morgan fingerprint density at radius 1 is 1.29 bits per heavy atom. The third kappa shape index (κ3) is 3.73. The van der Waals surface area contributed by atoms with Crippen LogP contribution in [0.4, 0.5) is 0 Å². The number of aryl methyl sites for hydroxylation is 1. The minimum atomic E-state index is 0.107. The standard InChI is InChI=1S/C19H28N2O3/c1-14-4-5-16(10-18(14)23-3)12-20-11-15(2)17(13-20)19(22)21-6-8-24-9-7-21/h4-5,10,15,17H,6-9,11-13H2,1-3H3/t15-,17-/m1/s1. The molecular formula is C19H28N2O3. The van der Waals surface area contributed by atoms with E-state index in [0.29, 0.717) is 25.0 Å². The molecule has 24 heavy (non-hydrogen) atoms. The van der Waals surface area contributed by atoms with Crippen LogP contribution in [0.15, 0.2) is 18.2 Å². The Hall–Kier alpha value is -1.59. The van der Waals surface area contributed by atoms with Crippen molar-refractivity contribution >= 4 is 5.91 Å². The Kier molecular flexibility index (Phi) is 5.41. The average Bonchev–Trinajstić information content (AvgIpc) is 2.97. The molecule has 2 heterocycles. The van der Waals surface area contributed by atoms with E-state index in [-0.39, 0.29) is 5.92 Å². The molecule has 0 bridgehead atoms.